The Morgan fingerprint density at radius 3 is 2.52 bits per heavy atom. The van der Waals surface area contributed by atoms with Gasteiger partial charge in [0.2, 0.25) is 5.89 Å². The van der Waals surface area contributed by atoms with E-state index in [4.69, 9.17) is 9.26 Å². The largest absolute Gasteiger partial charge is 0.444 e. The third-order valence-corrected chi connectivity index (χ3v) is 4.34. The van der Waals surface area contributed by atoms with Gasteiger partial charge in [0.15, 0.2) is 5.82 Å². The zero-order valence-corrected chi connectivity index (χ0v) is 15.1. The van der Waals surface area contributed by atoms with E-state index in [1.807, 2.05) is 27.7 Å². The number of ether oxygens (including phenoxy) is 1. The quantitative estimate of drug-likeness (QED) is 0.885. The normalized spacial score (nSPS) is 24.7. The molecule has 1 aromatic heterocycles. The van der Waals surface area contributed by atoms with Gasteiger partial charge in [-0.15, -0.1) is 0 Å². The number of carbonyl (C=O) groups is 1. The number of hydrogen-bond acceptors (Lipinski definition) is 6. The molecule has 23 heavy (non-hydrogen) atoms. The van der Waals surface area contributed by atoms with Gasteiger partial charge in [-0.25, -0.2) is 4.79 Å². The maximum absolute atomic E-state index is 11.9. The third kappa shape index (κ3) is 4.22. The fraction of sp³-hybridized carbons (Fsp3) is 0.812. The second kappa shape index (κ2) is 6.11. The van der Waals surface area contributed by atoms with Crippen LogP contribution >= 0.6 is 0 Å². The van der Waals surface area contributed by atoms with Crippen LogP contribution in [0.3, 0.4) is 0 Å². The molecule has 1 aliphatic carbocycles. The molecule has 0 aromatic carbocycles. The average molecular weight is 324 g/mol. The standard InChI is InChI=1S/C16H28N4O3/c1-9(13-18-10(2)23-20-13)17-11-8-12(16(11,6)7)19-14(21)22-15(3,4)5/h9,11-12,17H,8H2,1-7H3,(H,19,21). The Kier molecular flexibility index (Phi) is 4.71. The summed E-state index contributed by atoms with van der Waals surface area (Å²) in [5, 5.41) is 10.4. The monoisotopic (exact) mass is 324 g/mol. The summed E-state index contributed by atoms with van der Waals surface area (Å²) in [6, 6.07) is 0.337. The van der Waals surface area contributed by atoms with Gasteiger partial charge in [-0.05, 0) is 34.1 Å². The van der Waals surface area contributed by atoms with Crippen molar-refractivity contribution in [1.29, 1.82) is 0 Å². The lowest BCUT2D eigenvalue weighted by atomic mass is 9.62. The summed E-state index contributed by atoms with van der Waals surface area (Å²) in [7, 11) is 0. The van der Waals surface area contributed by atoms with Crippen molar-refractivity contribution in [1.82, 2.24) is 20.8 Å². The highest BCUT2D eigenvalue weighted by molar-refractivity contribution is 5.68. The number of rotatable bonds is 4. The van der Waals surface area contributed by atoms with E-state index < -0.39 is 5.60 Å². The van der Waals surface area contributed by atoms with Crippen molar-refractivity contribution in [3.05, 3.63) is 11.7 Å². The maximum atomic E-state index is 11.9. The van der Waals surface area contributed by atoms with Crippen LogP contribution < -0.4 is 10.6 Å². The molecule has 2 rings (SSSR count). The third-order valence-electron chi connectivity index (χ3n) is 4.34. The SMILES string of the molecule is Cc1nc(C(C)NC2CC(NC(=O)OC(C)(C)C)C2(C)C)no1. The van der Waals surface area contributed by atoms with Crippen LogP contribution in [0.25, 0.3) is 0 Å². The summed E-state index contributed by atoms with van der Waals surface area (Å²) in [6.07, 6.45) is 0.476. The number of hydrogen-bond donors (Lipinski definition) is 2. The minimum absolute atomic E-state index is 0.000739. The molecule has 0 spiro atoms. The second-order valence-electron chi connectivity index (χ2n) is 7.87. The minimum Gasteiger partial charge on any atom is -0.444 e. The topological polar surface area (TPSA) is 89.3 Å². The van der Waals surface area contributed by atoms with E-state index in [-0.39, 0.29) is 29.6 Å². The molecule has 1 heterocycles. The van der Waals surface area contributed by atoms with Crippen molar-refractivity contribution in [3.8, 4) is 0 Å². The van der Waals surface area contributed by atoms with Gasteiger partial charge < -0.3 is 19.9 Å². The van der Waals surface area contributed by atoms with Crippen molar-refractivity contribution >= 4 is 6.09 Å². The van der Waals surface area contributed by atoms with Crippen molar-refractivity contribution in [2.45, 2.75) is 78.6 Å². The average Bonchev–Trinajstić information content (AvgIpc) is 2.82. The molecule has 0 saturated heterocycles. The van der Waals surface area contributed by atoms with E-state index in [2.05, 4.69) is 34.6 Å². The number of nitrogens with zero attached hydrogens (tertiary/aromatic N) is 2. The van der Waals surface area contributed by atoms with Gasteiger partial charge in [-0.2, -0.15) is 4.98 Å². The molecule has 0 aliphatic heterocycles. The van der Waals surface area contributed by atoms with Crippen molar-refractivity contribution < 1.29 is 14.1 Å². The van der Waals surface area contributed by atoms with Gasteiger partial charge in [-0.1, -0.05) is 19.0 Å². The van der Waals surface area contributed by atoms with E-state index in [0.29, 0.717) is 11.7 Å². The summed E-state index contributed by atoms with van der Waals surface area (Å²) in [6.45, 7) is 13.6. The van der Waals surface area contributed by atoms with Crippen molar-refractivity contribution in [2.75, 3.05) is 0 Å². The predicted molar refractivity (Wildman–Crippen MR) is 85.9 cm³/mol. The molecule has 3 atom stereocenters. The first-order chi connectivity index (χ1) is 10.5. The molecule has 130 valence electrons. The summed E-state index contributed by atoms with van der Waals surface area (Å²) >= 11 is 0. The van der Waals surface area contributed by atoms with E-state index in [1.54, 1.807) is 6.92 Å². The summed E-state index contributed by atoms with van der Waals surface area (Å²) in [5.41, 5.74) is -0.565. The highest BCUT2D eigenvalue weighted by Gasteiger charge is 2.49. The lowest BCUT2D eigenvalue weighted by Gasteiger charge is -2.53. The number of aryl methyl sites for hydroxylation is 1. The number of alkyl carbamates (subject to hydrolysis) is 1. The summed E-state index contributed by atoms with van der Waals surface area (Å²) in [4.78, 5) is 16.2. The molecule has 1 saturated carbocycles. The Bertz CT molecular complexity index is 562. The Morgan fingerprint density at radius 1 is 1.39 bits per heavy atom. The van der Waals surface area contributed by atoms with Gasteiger partial charge >= 0.3 is 6.09 Å². The molecule has 2 N–H and O–H groups in total. The summed E-state index contributed by atoms with van der Waals surface area (Å²) < 4.78 is 10.3. The van der Waals surface area contributed by atoms with E-state index in [0.717, 1.165) is 6.42 Å². The van der Waals surface area contributed by atoms with Crippen molar-refractivity contribution in [2.24, 2.45) is 5.41 Å². The molecule has 0 radical (unpaired) electrons. The lowest BCUT2D eigenvalue weighted by molar-refractivity contribution is 0.0136. The zero-order chi connectivity index (χ0) is 17.4. The molecule has 0 bridgehead atoms. The fourth-order valence-electron chi connectivity index (χ4n) is 2.77. The van der Waals surface area contributed by atoms with Gasteiger partial charge in [0.05, 0.1) is 6.04 Å². The molecule has 1 aromatic rings. The first kappa shape index (κ1) is 17.7. The Balaban J connectivity index is 1.87. The van der Waals surface area contributed by atoms with Crippen LogP contribution in [0.15, 0.2) is 4.52 Å². The minimum atomic E-state index is -0.485. The van der Waals surface area contributed by atoms with Gasteiger partial charge in [0.1, 0.15) is 5.60 Å². The van der Waals surface area contributed by atoms with Gasteiger partial charge in [0, 0.05) is 24.4 Å². The molecule has 1 aliphatic rings. The van der Waals surface area contributed by atoms with Crippen LogP contribution in [0, 0.1) is 12.3 Å². The Labute approximate surface area is 137 Å². The molecular formula is C16H28N4O3. The van der Waals surface area contributed by atoms with Crippen LogP contribution in [-0.2, 0) is 4.74 Å². The molecule has 7 heteroatoms. The van der Waals surface area contributed by atoms with Crippen LogP contribution in [-0.4, -0.2) is 33.9 Å². The smallest absolute Gasteiger partial charge is 0.407 e. The highest BCUT2D eigenvalue weighted by atomic mass is 16.6. The molecular weight excluding hydrogens is 296 g/mol. The number of amides is 1. The lowest BCUT2D eigenvalue weighted by Crippen LogP contribution is -2.66. The Morgan fingerprint density at radius 2 is 2.04 bits per heavy atom. The van der Waals surface area contributed by atoms with Crippen LogP contribution in [0.1, 0.15) is 65.7 Å². The van der Waals surface area contributed by atoms with Crippen LogP contribution in [0.5, 0.6) is 0 Å². The van der Waals surface area contributed by atoms with Gasteiger partial charge in [0.25, 0.3) is 0 Å². The summed E-state index contributed by atoms with van der Waals surface area (Å²) in [5.74, 6) is 1.22. The predicted octanol–water partition coefficient (Wildman–Crippen LogP) is 2.72. The van der Waals surface area contributed by atoms with Crippen LogP contribution in [0.4, 0.5) is 4.79 Å². The molecule has 1 fully saturated rings. The highest BCUT2D eigenvalue weighted by Crippen LogP contribution is 2.41. The van der Waals surface area contributed by atoms with E-state index in [9.17, 15) is 4.79 Å². The van der Waals surface area contributed by atoms with E-state index in [1.165, 1.54) is 0 Å². The van der Waals surface area contributed by atoms with Crippen molar-refractivity contribution in [3.63, 3.8) is 0 Å². The van der Waals surface area contributed by atoms with Crippen LogP contribution in [0.2, 0.25) is 0 Å². The zero-order valence-electron chi connectivity index (χ0n) is 15.1. The molecule has 7 nitrogen and oxygen atoms in total. The maximum Gasteiger partial charge on any atom is 0.407 e. The van der Waals surface area contributed by atoms with E-state index >= 15 is 0 Å². The Hall–Kier alpha value is -1.63. The van der Waals surface area contributed by atoms with Gasteiger partial charge in [-0.3, -0.25) is 0 Å². The molecule has 3 unspecified atom stereocenters. The number of carbonyl (C=O) groups excluding carboxylic acids is 1. The molecule has 1 amide bonds. The fourth-order valence-corrected chi connectivity index (χ4v) is 2.77. The second-order valence-corrected chi connectivity index (χ2v) is 7.87. The number of aromatic nitrogens is 2. The first-order valence-electron chi connectivity index (χ1n) is 8.05. The first-order valence-corrected chi connectivity index (χ1v) is 8.05. The number of nitrogens with one attached hydrogen (secondary N) is 2.